The molecule has 0 aliphatic heterocycles. The molecule has 2 rings (SSSR count). The molecule has 1 heterocycles. The Morgan fingerprint density at radius 2 is 2.00 bits per heavy atom. The maximum atomic E-state index is 6.02. The molecular weight excluding hydrogens is 279 g/mol. The third kappa shape index (κ3) is 1.27. The first-order valence-corrected chi connectivity index (χ1v) is 5.63. The largest absolute Gasteiger partial charge is 0.143 e. The standard InChI is InChI=1S/C8H3BrCl2S/c9-4-3-12-6-2-1-5(10)8(11)7(4)6/h1-3H. The van der Waals surface area contributed by atoms with Gasteiger partial charge in [-0.25, -0.2) is 0 Å². The van der Waals surface area contributed by atoms with Crippen molar-refractivity contribution >= 4 is 60.6 Å². The summed E-state index contributed by atoms with van der Waals surface area (Å²) in [7, 11) is 0. The first-order chi connectivity index (χ1) is 5.70. The summed E-state index contributed by atoms with van der Waals surface area (Å²) >= 11 is 17.0. The van der Waals surface area contributed by atoms with E-state index in [4.69, 9.17) is 23.2 Å². The molecule has 0 bridgehead atoms. The van der Waals surface area contributed by atoms with Gasteiger partial charge in [0, 0.05) is 19.9 Å². The van der Waals surface area contributed by atoms with Crippen molar-refractivity contribution in [3.05, 3.63) is 32.0 Å². The molecule has 12 heavy (non-hydrogen) atoms. The normalized spacial score (nSPS) is 10.9. The minimum atomic E-state index is 0.600. The van der Waals surface area contributed by atoms with Crippen molar-refractivity contribution in [3.63, 3.8) is 0 Å². The van der Waals surface area contributed by atoms with Crippen LogP contribution in [0.3, 0.4) is 0 Å². The van der Waals surface area contributed by atoms with Crippen molar-refractivity contribution in [3.8, 4) is 0 Å². The minimum Gasteiger partial charge on any atom is -0.143 e. The molecule has 0 radical (unpaired) electrons. The van der Waals surface area contributed by atoms with Crippen LogP contribution in [0.25, 0.3) is 10.1 Å². The molecule has 0 amide bonds. The molecular formula is C8H3BrCl2S. The Bertz CT molecular complexity index is 436. The Hall–Kier alpha value is 0.240. The lowest BCUT2D eigenvalue weighted by Crippen LogP contribution is -1.69. The van der Waals surface area contributed by atoms with Gasteiger partial charge >= 0.3 is 0 Å². The van der Waals surface area contributed by atoms with Crippen molar-refractivity contribution in [1.29, 1.82) is 0 Å². The molecule has 0 unspecified atom stereocenters. The molecule has 0 spiro atoms. The van der Waals surface area contributed by atoms with Gasteiger partial charge in [-0.05, 0) is 28.1 Å². The fourth-order valence-corrected chi connectivity index (χ4v) is 3.27. The highest BCUT2D eigenvalue weighted by atomic mass is 79.9. The van der Waals surface area contributed by atoms with E-state index in [0.717, 1.165) is 14.6 Å². The monoisotopic (exact) mass is 280 g/mol. The molecule has 0 atom stereocenters. The number of benzene rings is 1. The Labute approximate surface area is 92.2 Å². The predicted octanol–water partition coefficient (Wildman–Crippen LogP) is 4.97. The van der Waals surface area contributed by atoms with Gasteiger partial charge in [0.25, 0.3) is 0 Å². The quantitative estimate of drug-likeness (QED) is 0.639. The van der Waals surface area contributed by atoms with E-state index < -0.39 is 0 Å². The number of hydrogen-bond donors (Lipinski definition) is 0. The van der Waals surface area contributed by atoms with Crippen LogP contribution in [0.15, 0.2) is 22.0 Å². The van der Waals surface area contributed by atoms with Crippen molar-refractivity contribution < 1.29 is 0 Å². The van der Waals surface area contributed by atoms with Gasteiger partial charge in [-0.2, -0.15) is 0 Å². The van der Waals surface area contributed by atoms with E-state index in [-0.39, 0.29) is 0 Å². The van der Waals surface area contributed by atoms with Gasteiger partial charge in [-0.15, -0.1) is 11.3 Å². The van der Waals surface area contributed by atoms with Gasteiger partial charge in [0.2, 0.25) is 0 Å². The smallest absolute Gasteiger partial charge is 0.0690 e. The first-order valence-electron chi connectivity index (χ1n) is 3.21. The lowest BCUT2D eigenvalue weighted by molar-refractivity contribution is 1.82. The van der Waals surface area contributed by atoms with Crippen molar-refractivity contribution in [2.24, 2.45) is 0 Å². The first kappa shape index (κ1) is 8.82. The van der Waals surface area contributed by atoms with Crippen LogP contribution < -0.4 is 0 Å². The lowest BCUT2D eigenvalue weighted by atomic mass is 10.3. The molecule has 2 aromatic rings. The van der Waals surface area contributed by atoms with E-state index in [0.29, 0.717) is 10.0 Å². The average Bonchev–Trinajstić information content (AvgIpc) is 2.41. The number of halogens is 3. The highest BCUT2D eigenvalue weighted by molar-refractivity contribution is 9.10. The average molecular weight is 282 g/mol. The van der Waals surface area contributed by atoms with E-state index in [1.54, 1.807) is 11.3 Å². The Kier molecular flexibility index (Phi) is 2.34. The summed E-state index contributed by atoms with van der Waals surface area (Å²) in [5.74, 6) is 0. The summed E-state index contributed by atoms with van der Waals surface area (Å²) in [6.07, 6.45) is 0. The van der Waals surface area contributed by atoms with Crippen molar-refractivity contribution in [2.75, 3.05) is 0 Å². The molecule has 1 aromatic carbocycles. The molecule has 4 heteroatoms. The Balaban J connectivity index is 2.96. The molecule has 0 N–H and O–H groups in total. The molecule has 0 saturated heterocycles. The summed E-state index contributed by atoms with van der Waals surface area (Å²) in [6.45, 7) is 0. The van der Waals surface area contributed by atoms with E-state index in [2.05, 4.69) is 15.9 Å². The van der Waals surface area contributed by atoms with Gasteiger partial charge < -0.3 is 0 Å². The van der Waals surface area contributed by atoms with Gasteiger partial charge in [0.15, 0.2) is 0 Å². The van der Waals surface area contributed by atoms with Crippen LogP contribution in [0.2, 0.25) is 10.0 Å². The number of rotatable bonds is 0. The van der Waals surface area contributed by atoms with Gasteiger partial charge in [0.1, 0.15) is 0 Å². The zero-order valence-electron chi connectivity index (χ0n) is 5.77. The summed E-state index contributed by atoms with van der Waals surface area (Å²) < 4.78 is 2.16. The predicted molar refractivity (Wildman–Crippen MR) is 59.5 cm³/mol. The summed E-state index contributed by atoms with van der Waals surface area (Å²) in [5.41, 5.74) is 0. The maximum absolute atomic E-state index is 6.02. The van der Waals surface area contributed by atoms with Crippen molar-refractivity contribution in [1.82, 2.24) is 0 Å². The Morgan fingerprint density at radius 3 is 2.75 bits per heavy atom. The van der Waals surface area contributed by atoms with Crippen LogP contribution in [0.5, 0.6) is 0 Å². The van der Waals surface area contributed by atoms with Crippen LogP contribution in [-0.2, 0) is 0 Å². The Morgan fingerprint density at radius 1 is 1.25 bits per heavy atom. The topological polar surface area (TPSA) is 0 Å². The lowest BCUT2D eigenvalue weighted by Gasteiger charge is -1.96. The molecule has 0 fully saturated rings. The summed E-state index contributed by atoms with van der Waals surface area (Å²) in [6, 6.07) is 3.79. The number of fused-ring (bicyclic) bond motifs is 1. The van der Waals surface area contributed by atoms with E-state index in [1.807, 2.05) is 17.5 Å². The van der Waals surface area contributed by atoms with E-state index in [9.17, 15) is 0 Å². The van der Waals surface area contributed by atoms with Crippen LogP contribution >= 0.6 is 50.5 Å². The van der Waals surface area contributed by atoms with Crippen LogP contribution in [-0.4, -0.2) is 0 Å². The third-order valence-corrected chi connectivity index (χ3v) is 4.27. The van der Waals surface area contributed by atoms with Gasteiger partial charge in [0.05, 0.1) is 10.0 Å². The van der Waals surface area contributed by atoms with Crippen molar-refractivity contribution in [2.45, 2.75) is 0 Å². The van der Waals surface area contributed by atoms with E-state index >= 15 is 0 Å². The fraction of sp³-hybridized carbons (Fsp3) is 0. The zero-order chi connectivity index (χ0) is 8.72. The highest BCUT2D eigenvalue weighted by Crippen LogP contribution is 2.38. The molecule has 0 aliphatic carbocycles. The molecule has 1 aromatic heterocycles. The second-order valence-electron chi connectivity index (χ2n) is 2.32. The maximum Gasteiger partial charge on any atom is 0.0690 e. The molecule has 0 aliphatic rings. The SMILES string of the molecule is Clc1ccc2scc(Br)c2c1Cl. The second-order valence-corrected chi connectivity index (χ2v) is 4.87. The van der Waals surface area contributed by atoms with Gasteiger partial charge in [-0.1, -0.05) is 23.2 Å². The van der Waals surface area contributed by atoms with Crippen LogP contribution in [0.1, 0.15) is 0 Å². The molecule has 0 saturated carbocycles. The molecule has 0 nitrogen and oxygen atoms in total. The summed E-state index contributed by atoms with van der Waals surface area (Å²) in [5, 5.41) is 4.24. The number of hydrogen-bond acceptors (Lipinski definition) is 1. The van der Waals surface area contributed by atoms with E-state index in [1.165, 1.54) is 0 Å². The zero-order valence-corrected chi connectivity index (χ0v) is 9.69. The highest BCUT2D eigenvalue weighted by Gasteiger charge is 2.08. The third-order valence-electron chi connectivity index (χ3n) is 1.58. The van der Waals surface area contributed by atoms with Gasteiger partial charge in [-0.3, -0.25) is 0 Å². The van der Waals surface area contributed by atoms with Crippen LogP contribution in [0.4, 0.5) is 0 Å². The molecule has 62 valence electrons. The second kappa shape index (κ2) is 3.18. The van der Waals surface area contributed by atoms with Crippen LogP contribution in [0, 0.1) is 0 Å². The fourth-order valence-electron chi connectivity index (χ4n) is 1.03. The minimum absolute atomic E-state index is 0.600. The summed E-state index contributed by atoms with van der Waals surface area (Å²) in [4.78, 5) is 0. The number of thiophene rings is 1.